The Labute approximate surface area is 224 Å². The zero-order valence-electron chi connectivity index (χ0n) is 22.4. The minimum absolute atomic E-state index is 0.119. The molecule has 2 aromatic rings. The first kappa shape index (κ1) is 30.4. The van der Waals surface area contributed by atoms with Crippen LogP contribution in [0, 0.1) is 5.92 Å². The molecular formula is C29H38N2O7. The Morgan fingerprint density at radius 3 is 2.16 bits per heavy atom. The van der Waals surface area contributed by atoms with Crippen LogP contribution in [-0.4, -0.2) is 71.1 Å². The average Bonchev–Trinajstić information content (AvgIpc) is 2.91. The number of benzene rings is 2. The average molecular weight is 527 g/mol. The SMILES string of the molecule is C=C(C)CN(CC)C(=O)C1CCN(Cc2ccc(OCc3ccccc3)c(OC)c2)CC1.O=C(O)C(=O)O. The van der Waals surface area contributed by atoms with Crippen molar-refractivity contribution in [3.63, 3.8) is 0 Å². The fourth-order valence-corrected chi connectivity index (χ4v) is 4.19. The lowest BCUT2D eigenvalue weighted by molar-refractivity contribution is -0.159. The highest BCUT2D eigenvalue weighted by Crippen LogP contribution is 2.30. The van der Waals surface area contributed by atoms with Crippen LogP contribution in [0.4, 0.5) is 0 Å². The van der Waals surface area contributed by atoms with E-state index in [0.717, 1.165) is 61.7 Å². The molecule has 0 radical (unpaired) electrons. The smallest absolute Gasteiger partial charge is 0.414 e. The summed E-state index contributed by atoms with van der Waals surface area (Å²) in [6, 6.07) is 16.3. The van der Waals surface area contributed by atoms with Crippen molar-refractivity contribution in [2.24, 2.45) is 5.92 Å². The van der Waals surface area contributed by atoms with Gasteiger partial charge in [-0.2, -0.15) is 0 Å². The number of hydrogen-bond donors (Lipinski definition) is 2. The summed E-state index contributed by atoms with van der Waals surface area (Å²) in [6.45, 7) is 12.6. The van der Waals surface area contributed by atoms with Gasteiger partial charge in [0, 0.05) is 25.6 Å². The highest BCUT2D eigenvalue weighted by Gasteiger charge is 2.28. The predicted molar refractivity (Wildman–Crippen MR) is 144 cm³/mol. The van der Waals surface area contributed by atoms with Gasteiger partial charge in [-0.15, -0.1) is 0 Å². The van der Waals surface area contributed by atoms with Crippen LogP contribution in [0.1, 0.15) is 37.8 Å². The van der Waals surface area contributed by atoms with Gasteiger partial charge in [-0.05, 0) is 63.0 Å². The number of methoxy groups -OCH3 is 1. The van der Waals surface area contributed by atoms with Gasteiger partial charge < -0.3 is 24.6 Å². The fourth-order valence-electron chi connectivity index (χ4n) is 4.19. The Bertz CT molecular complexity index is 1070. The van der Waals surface area contributed by atoms with E-state index in [9.17, 15) is 4.79 Å². The van der Waals surface area contributed by atoms with Crippen LogP contribution in [0.25, 0.3) is 0 Å². The van der Waals surface area contributed by atoms with E-state index < -0.39 is 11.9 Å². The van der Waals surface area contributed by atoms with Gasteiger partial charge in [0.2, 0.25) is 5.91 Å². The Balaban J connectivity index is 0.000000757. The predicted octanol–water partition coefficient (Wildman–Crippen LogP) is 4.07. The first-order valence-corrected chi connectivity index (χ1v) is 12.6. The molecule has 1 amide bonds. The van der Waals surface area contributed by atoms with Crippen molar-refractivity contribution in [2.75, 3.05) is 33.3 Å². The maximum absolute atomic E-state index is 12.9. The van der Waals surface area contributed by atoms with Crippen LogP contribution in [0.2, 0.25) is 0 Å². The number of carboxylic acid groups (broad SMARTS) is 2. The number of likely N-dealkylation sites (tertiary alicyclic amines) is 1. The van der Waals surface area contributed by atoms with Gasteiger partial charge in [-0.25, -0.2) is 9.59 Å². The zero-order valence-corrected chi connectivity index (χ0v) is 22.4. The molecule has 38 heavy (non-hydrogen) atoms. The number of nitrogens with zero attached hydrogens (tertiary/aromatic N) is 2. The zero-order chi connectivity index (χ0) is 28.1. The molecule has 0 bridgehead atoms. The number of amides is 1. The molecule has 0 saturated carbocycles. The van der Waals surface area contributed by atoms with Gasteiger partial charge >= 0.3 is 11.9 Å². The van der Waals surface area contributed by atoms with E-state index in [4.69, 9.17) is 29.3 Å². The van der Waals surface area contributed by atoms with Crippen molar-refractivity contribution in [3.05, 3.63) is 71.8 Å². The van der Waals surface area contributed by atoms with E-state index in [1.165, 1.54) is 5.56 Å². The summed E-state index contributed by atoms with van der Waals surface area (Å²) in [6.07, 6.45) is 1.81. The number of carbonyl (C=O) groups excluding carboxylic acids is 1. The van der Waals surface area contributed by atoms with Gasteiger partial charge in [0.1, 0.15) is 6.61 Å². The van der Waals surface area contributed by atoms with Crippen molar-refractivity contribution in [1.82, 2.24) is 9.80 Å². The largest absolute Gasteiger partial charge is 0.493 e. The summed E-state index contributed by atoms with van der Waals surface area (Å²) in [7, 11) is 1.68. The number of piperidine rings is 1. The van der Waals surface area contributed by atoms with Crippen LogP contribution in [0.15, 0.2) is 60.7 Å². The summed E-state index contributed by atoms with van der Waals surface area (Å²) in [5.74, 6) is -1.75. The van der Waals surface area contributed by atoms with E-state index >= 15 is 0 Å². The molecule has 1 fully saturated rings. The highest BCUT2D eigenvalue weighted by molar-refractivity contribution is 6.27. The number of carboxylic acids is 2. The molecule has 2 N–H and O–H groups in total. The molecule has 206 valence electrons. The Morgan fingerprint density at radius 2 is 1.63 bits per heavy atom. The Kier molecular flexibility index (Phi) is 12.3. The van der Waals surface area contributed by atoms with Crippen molar-refractivity contribution >= 4 is 17.8 Å². The van der Waals surface area contributed by atoms with E-state index in [2.05, 4.69) is 23.6 Å². The van der Waals surface area contributed by atoms with E-state index in [0.29, 0.717) is 13.2 Å². The lowest BCUT2D eigenvalue weighted by Crippen LogP contribution is -2.42. The maximum atomic E-state index is 12.9. The molecular weight excluding hydrogens is 488 g/mol. The quantitative estimate of drug-likeness (QED) is 0.352. The van der Waals surface area contributed by atoms with Gasteiger partial charge in [-0.1, -0.05) is 48.6 Å². The van der Waals surface area contributed by atoms with Crippen LogP contribution in [0.3, 0.4) is 0 Å². The molecule has 0 aliphatic carbocycles. The minimum Gasteiger partial charge on any atom is -0.493 e. The second-order valence-electron chi connectivity index (χ2n) is 9.23. The summed E-state index contributed by atoms with van der Waals surface area (Å²) in [5, 5.41) is 14.8. The highest BCUT2D eigenvalue weighted by atomic mass is 16.5. The van der Waals surface area contributed by atoms with E-state index in [1.807, 2.05) is 55.1 Å². The summed E-state index contributed by atoms with van der Waals surface area (Å²) < 4.78 is 11.6. The number of carbonyl (C=O) groups is 3. The third-order valence-electron chi connectivity index (χ3n) is 6.15. The molecule has 0 atom stereocenters. The third-order valence-corrected chi connectivity index (χ3v) is 6.15. The minimum atomic E-state index is -1.82. The Hall–Kier alpha value is -3.85. The summed E-state index contributed by atoms with van der Waals surface area (Å²) >= 11 is 0. The van der Waals surface area contributed by atoms with Gasteiger partial charge in [-0.3, -0.25) is 9.69 Å². The lowest BCUT2D eigenvalue weighted by atomic mass is 9.94. The van der Waals surface area contributed by atoms with Gasteiger partial charge in [0.15, 0.2) is 11.5 Å². The standard InChI is InChI=1S/C27H36N2O3.C2H2O4/c1-5-29(18-21(2)3)27(30)24-13-15-28(16-14-24)19-23-11-12-25(26(17-23)31-4)32-20-22-9-7-6-8-10-22;3-1(4)2(5)6/h6-12,17,24H,2,5,13-16,18-20H2,1,3-4H3;(H,3,4)(H,5,6). The topological polar surface area (TPSA) is 117 Å². The molecule has 2 aromatic carbocycles. The van der Waals surface area contributed by atoms with Crippen LogP contribution in [0.5, 0.6) is 11.5 Å². The maximum Gasteiger partial charge on any atom is 0.414 e. The molecule has 1 saturated heterocycles. The number of aliphatic carboxylic acids is 2. The third kappa shape index (κ3) is 9.89. The van der Waals surface area contributed by atoms with Crippen LogP contribution in [-0.2, 0) is 27.5 Å². The molecule has 0 aromatic heterocycles. The first-order chi connectivity index (χ1) is 18.1. The summed E-state index contributed by atoms with van der Waals surface area (Å²) in [5.41, 5.74) is 3.35. The van der Waals surface area contributed by atoms with Gasteiger partial charge in [0.25, 0.3) is 0 Å². The number of likely N-dealkylation sites (N-methyl/N-ethyl adjacent to an activating group) is 1. The number of rotatable bonds is 10. The van der Waals surface area contributed by atoms with Gasteiger partial charge in [0.05, 0.1) is 7.11 Å². The van der Waals surface area contributed by atoms with E-state index in [1.54, 1.807) is 7.11 Å². The Morgan fingerprint density at radius 1 is 1.00 bits per heavy atom. The summed E-state index contributed by atoms with van der Waals surface area (Å²) in [4.78, 5) is 35.4. The number of hydrogen-bond acceptors (Lipinski definition) is 6. The molecule has 1 aliphatic rings. The van der Waals surface area contributed by atoms with E-state index in [-0.39, 0.29) is 11.8 Å². The molecule has 1 heterocycles. The molecule has 0 unspecified atom stereocenters. The molecule has 3 rings (SSSR count). The second-order valence-corrected chi connectivity index (χ2v) is 9.23. The molecule has 0 spiro atoms. The molecule has 1 aliphatic heterocycles. The number of ether oxygens (including phenoxy) is 2. The fraction of sp³-hybridized carbons (Fsp3) is 0.414. The first-order valence-electron chi connectivity index (χ1n) is 12.6. The molecule has 9 heteroatoms. The van der Waals surface area contributed by atoms with Crippen molar-refractivity contribution in [2.45, 2.75) is 39.8 Å². The van der Waals surface area contributed by atoms with Crippen molar-refractivity contribution in [1.29, 1.82) is 0 Å². The van der Waals surface area contributed by atoms with Crippen molar-refractivity contribution in [3.8, 4) is 11.5 Å². The normalized spacial score (nSPS) is 13.6. The van der Waals surface area contributed by atoms with Crippen LogP contribution >= 0.6 is 0 Å². The van der Waals surface area contributed by atoms with Crippen molar-refractivity contribution < 1.29 is 34.1 Å². The second kappa shape index (κ2) is 15.4. The van der Waals surface area contributed by atoms with Crippen LogP contribution < -0.4 is 9.47 Å². The monoisotopic (exact) mass is 526 g/mol. The lowest BCUT2D eigenvalue weighted by Gasteiger charge is -2.34. The molecule has 9 nitrogen and oxygen atoms in total.